The van der Waals surface area contributed by atoms with Crippen LogP contribution >= 0.6 is 0 Å². The van der Waals surface area contributed by atoms with Gasteiger partial charge in [-0.25, -0.2) is 0 Å². The Morgan fingerprint density at radius 1 is 1.27 bits per heavy atom. The summed E-state index contributed by atoms with van der Waals surface area (Å²) >= 11 is 0. The van der Waals surface area contributed by atoms with Crippen molar-refractivity contribution in [2.75, 3.05) is 0 Å². The van der Waals surface area contributed by atoms with E-state index in [1.165, 1.54) is 6.92 Å². The van der Waals surface area contributed by atoms with E-state index in [-0.39, 0.29) is 29.6 Å². The molecule has 2 rings (SSSR count). The fraction of sp³-hybridized carbons (Fsp3) is 0.773. The Morgan fingerprint density at radius 2 is 1.92 bits per heavy atom. The SMILES string of the molecule is CC(=O)OC(C)(C)C1CC[C@]2(C)/C=C/[C@H](C)C/C=C/[C@@](C)(O)C[C@H](O)C12. The van der Waals surface area contributed by atoms with Crippen molar-refractivity contribution in [2.24, 2.45) is 23.2 Å². The predicted molar refractivity (Wildman–Crippen MR) is 103 cm³/mol. The van der Waals surface area contributed by atoms with Gasteiger partial charge in [0.1, 0.15) is 5.60 Å². The van der Waals surface area contributed by atoms with Gasteiger partial charge in [0.15, 0.2) is 0 Å². The number of aliphatic hydroxyl groups excluding tert-OH is 1. The van der Waals surface area contributed by atoms with Crippen LogP contribution in [0.1, 0.15) is 67.2 Å². The van der Waals surface area contributed by atoms with E-state index in [0.717, 1.165) is 19.3 Å². The maximum atomic E-state index is 11.6. The second kappa shape index (κ2) is 7.47. The highest BCUT2D eigenvalue weighted by Gasteiger charge is 2.54. The highest BCUT2D eigenvalue weighted by Crippen LogP contribution is 2.55. The molecule has 0 heterocycles. The average Bonchev–Trinajstić information content (AvgIpc) is 2.81. The van der Waals surface area contributed by atoms with Gasteiger partial charge in [0.2, 0.25) is 0 Å². The van der Waals surface area contributed by atoms with Gasteiger partial charge in [-0.3, -0.25) is 4.79 Å². The summed E-state index contributed by atoms with van der Waals surface area (Å²) in [5.41, 5.74) is -1.89. The lowest BCUT2D eigenvalue weighted by Gasteiger charge is -2.42. The third-order valence-electron chi connectivity index (χ3n) is 6.32. The Balaban J connectivity index is 2.44. The van der Waals surface area contributed by atoms with Gasteiger partial charge in [-0.15, -0.1) is 0 Å². The number of hydrogen-bond donors (Lipinski definition) is 2. The lowest BCUT2D eigenvalue weighted by atomic mass is 9.68. The van der Waals surface area contributed by atoms with E-state index in [4.69, 9.17) is 4.74 Å². The molecule has 2 unspecified atom stereocenters. The van der Waals surface area contributed by atoms with Crippen molar-refractivity contribution in [3.8, 4) is 0 Å². The molecule has 0 aromatic heterocycles. The van der Waals surface area contributed by atoms with E-state index >= 15 is 0 Å². The molecular formula is C22H36O4. The first-order valence-electron chi connectivity index (χ1n) is 9.83. The van der Waals surface area contributed by atoms with Gasteiger partial charge in [-0.1, -0.05) is 38.2 Å². The van der Waals surface area contributed by atoms with E-state index in [1.54, 1.807) is 6.92 Å². The third-order valence-corrected chi connectivity index (χ3v) is 6.32. The monoisotopic (exact) mass is 364 g/mol. The van der Waals surface area contributed by atoms with Gasteiger partial charge in [0, 0.05) is 25.2 Å². The Hall–Kier alpha value is -1.13. The van der Waals surface area contributed by atoms with Crippen LogP contribution in [0.25, 0.3) is 0 Å². The van der Waals surface area contributed by atoms with Crippen LogP contribution in [0, 0.1) is 23.2 Å². The van der Waals surface area contributed by atoms with Crippen LogP contribution in [-0.2, 0) is 9.53 Å². The second-order valence-electron chi connectivity index (χ2n) is 9.48. The standard InChI is InChI=1S/C22H36O4/c1-15-8-7-11-22(6,25)14-18(24)19-17(20(3,4)26-16(2)23)10-13-21(19,5)12-9-15/h7,9,11-12,15,17-19,24-25H,8,10,13-14H2,1-6H3/b11-7+,12-9+/t15-,17?,18+,19?,21+,22-/m1/s1. The molecule has 0 saturated heterocycles. The van der Waals surface area contributed by atoms with Crippen LogP contribution in [0.3, 0.4) is 0 Å². The molecule has 0 bridgehead atoms. The highest BCUT2D eigenvalue weighted by atomic mass is 16.6. The van der Waals surface area contributed by atoms with E-state index < -0.39 is 17.3 Å². The summed E-state index contributed by atoms with van der Waals surface area (Å²) in [6, 6.07) is 0. The first-order chi connectivity index (χ1) is 11.9. The Kier molecular flexibility index (Phi) is 6.09. The molecule has 2 aliphatic carbocycles. The average molecular weight is 365 g/mol. The number of ether oxygens (including phenoxy) is 1. The minimum atomic E-state index is -1.05. The number of hydrogen-bond acceptors (Lipinski definition) is 4. The lowest BCUT2D eigenvalue weighted by Crippen LogP contribution is -2.47. The van der Waals surface area contributed by atoms with Crippen LogP contribution in [-0.4, -0.2) is 33.5 Å². The first kappa shape index (κ1) is 21.2. The maximum Gasteiger partial charge on any atom is 0.303 e. The number of aliphatic hydroxyl groups is 2. The van der Waals surface area contributed by atoms with Gasteiger partial charge in [0.25, 0.3) is 0 Å². The molecule has 1 fully saturated rings. The summed E-state index contributed by atoms with van der Waals surface area (Å²) in [4.78, 5) is 11.6. The zero-order valence-electron chi connectivity index (χ0n) is 17.2. The largest absolute Gasteiger partial charge is 0.460 e. The van der Waals surface area contributed by atoms with Gasteiger partial charge >= 0.3 is 5.97 Å². The van der Waals surface area contributed by atoms with Crippen LogP contribution in [0.5, 0.6) is 0 Å². The van der Waals surface area contributed by atoms with E-state index in [9.17, 15) is 15.0 Å². The van der Waals surface area contributed by atoms with Crippen LogP contribution in [0.15, 0.2) is 24.3 Å². The molecule has 148 valence electrons. The van der Waals surface area contributed by atoms with Crippen LogP contribution < -0.4 is 0 Å². The summed E-state index contributed by atoms with van der Waals surface area (Å²) in [5.74, 6) is 0.0225. The number of fused-ring (bicyclic) bond motifs is 1. The van der Waals surface area contributed by atoms with Crippen molar-refractivity contribution < 1.29 is 19.7 Å². The third kappa shape index (κ3) is 4.77. The van der Waals surface area contributed by atoms with Crippen molar-refractivity contribution in [3.63, 3.8) is 0 Å². The molecule has 0 amide bonds. The summed E-state index contributed by atoms with van der Waals surface area (Å²) in [6.07, 6.45) is 10.6. The molecule has 26 heavy (non-hydrogen) atoms. The van der Waals surface area contributed by atoms with Crippen molar-refractivity contribution in [1.29, 1.82) is 0 Å². The molecule has 2 aliphatic rings. The summed E-state index contributed by atoms with van der Waals surface area (Å²) < 4.78 is 5.64. The molecule has 4 heteroatoms. The van der Waals surface area contributed by atoms with E-state index in [2.05, 4.69) is 26.0 Å². The molecule has 6 atom stereocenters. The fourth-order valence-electron chi connectivity index (χ4n) is 5.02. The van der Waals surface area contributed by atoms with Gasteiger partial charge in [0.05, 0.1) is 11.7 Å². The van der Waals surface area contributed by atoms with Crippen molar-refractivity contribution >= 4 is 5.97 Å². The summed E-state index contributed by atoms with van der Waals surface area (Å²) in [6.45, 7) is 11.4. The van der Waals surface area contributed by atoms with Gasteiger partial charge in [-0.2, -0.15) is 0 Å². The first-order valence-corrected chi connectivity index (χ1v) is 9.83. The van der Waals surface area contributed by atoms with Gasteiger partial charge < -0.3 is 14.9 Å². The topological polar surface area (TPSA) is 66.8 Å². The molecule has 0 spiro atoms. The Bertz CT molecular complexity index is 575. The molecular weight excluding hydrogens is 328 g/mol. The van der Waals surface area contributed by atoms with Crippen LogP contribution in [0.2, 0.25) is 0 Å². The summed E-state index contributed by atoms with van der Waals surface area (Å²) in [7, 11) is 0. The predicted octanol–water partition coefficient (Wildman–Crippen LogP) is 4.01. The fourth-order valence-corrected chi connectivity index (χ4v) is 5.02. The van der Waals surface area contributed by atoms with E-state index in [1.807, 2.05) is 26.0 Å². The molecule has 0 aromatic rings. The zero-order valence-corrected chi connectivity index (χ0v) is 17.2. The maximum absolute atomic E-state index is 11.6. The number of carbonyl (C=O) groups excluding carboxylic acids is 1. The molecule has 1 saturated carbocycles. The lowest BCUT2D eigenvalue weighted by molar-refractivity contribution is -0.164. The van der Waals surface area contributed by atoms with Crippen LogP contribution in [0.4, 0.5) is 0 Å². The van der Waals surface area contributed by atoms with E-state index in [0.29, 0.717) is 5.92 Å². The number of allylic oxidation sites excluding steroid dienone is 3. The second-order valence-corrected chi connectivity index (χ2v) is 9.48. The Morgan fingerprint density at radius 3 is 2.54 bits per heavy atom. The molecule has 0 radical (unpaired) electrons. The molecule has 0 aliphatic heterocycles. The molecule has 0 aromatic carbocycles. The molecule has 4 nitrogen and oxygen atoms in total. The van der Waals surface area contributed by atoms with Gasteiger partial charge in [-0.05, 0) is 51.4 Å². The molecule has 2 N–H and O–H groups in total. The van der Waals surface area contributed by atoms with Crippen molar-refractivity contribution in [2.45, 2.75) is 84.5 Å². The van der Waals surface area contributed by atoms with Crippen molar-refractivity contribution in [1.82, 2.24) is 0 Å². The highest BCUT2D eigenvalue weighted by molar-refractivity contribution is 5.66. The minimum absolute atomic E-state index is 0.0342. The number of rotatable bonds is 2. The quantitative estimate of drug-likeness (QED) is 0.574. The zero-order chi connectivity index (χ0) is 19.8. The minimum Gasteiger partial charge on any atom is -0.460 e. The number of esters is 1. The summed E-state index contributed by atoms with van der Waals surface area (Å²) in [5, 5.41) is 21.9. The number of carbonyl (C=O) groups is 1. The Labute approximate surface area is 158 Å². The smallest absolute Gasteiger partial charge is 0.303 e. The van der Waals surface area contributed by atoms with Crippen molar-refractivity contribution in [3.05, 3.63) is 24.3 Å². The normalized spacial score (nSPS) is 43.8.